The predicted molar refractivity (Wildman–Crippen MR) is 69.6 cm³/mol. The number of ether oxygens (including phenoxy) is 2. The maximum Gasteiger partial charge on any atom is 0.154 e. The summed E-state index contributed by atoms with van der Waals surface area (Å²) in [5.74, 6) is 1.93. The van der Waals surface area contributed by atoms with Gasteiger partial charge in [0.05, 0.1) is 12.7 Å². The van der Waals surface area contributed by atoms with Gasteiger partial charge in [-0.1, -0.05) is 18.2 Å². The predicted octanol–water partition coefficient (Wildman–Crippen LogP) is 3.61. The second-order valence-electron chi connectivity index (χ2n) is 3.89. The molecule has 3 nitrogen and oxygen atoms in total. The number of carbonyl (C=O) groups excluding carboxylic acids is 1. The maximum atomic E-state index is 11.0. The van der Waals surface area contributed by atoms with Crippen LogP contribution in [-0.4, -0.2) is 13.4 Å². The molecule has 0 saturated carbocycles. The molecule has 0 aliphatic heterocycles. The van der Waals surface area contributed by atoms with Crippen LogP contribution in [0.5, 0.6) is 17.2 Å². The molecule has 0 saturated heterocycles. The molecule has 0 aliphatic carbocycles. The Balaban J connectivity index is 2.35. The number of rotatable bonds is 4. The summed E-state index contributed by atoms with van der Waals surface area (Å²) in [6, 6.07) is 13.0. The fourth-order valence-corrected chi connectivity index (χ4v) is 1.74. The minimum Gasteiger partial charge on any atom is -0.496 e. The number of hydrogen-bond donors (Lipinski definition) is 0. The van der Waals surface area contributed by atoms with Crippen molar-refractivity contribution < 1.29 is 14.3 Å². The Hall–Kier alpha value is -2.29. The number of para-hydroxylation sites is 1. The maximum absolute atomic E-state index is 11.0. The summed E-state index contributed by atoms with van der Waals surface area (Å²) in [6.45, 7) is 1.85. The molecule has 0 heterocycles. The van der Waals surface area contributed by atoms with E-state index in [0.29, 0.717) is 17.1 Å². The molecule has 0 aliphatic rings. The SMILES string of the molecule is COc1cc(Oc2ccccc2)cc(C)c1C=O. The molecule has 3 heteroatoms. The summed E-state index contributed by atoms with van der Waals surface area (Å²) in [4.78, 5) is 11.0. The zero-order chi connectivity index (χ0) is 13.0. The van der Waals surface area contributed by atoms with Crippen LogP contribution in [0.15, 0.2) is 42.5 Å². The Bertz CT molecular complexity index is 547. The minimum atomic E-state index is 0.524. The molecule has 2 aromatic carbocycles. The van der Waals surface area contributed by atoms with E-state index in [1.165, 1.54) is 7.11 Å². The van der Waals surface area contributed by atoms with Crippen LogP contribution in [0, 0.1) is 6.92 Å². The number of benzene rings is 2. The molecule has 0 bridgehead atoms. The standard InChI is InChI=1S/C15H14O3/c1-11-8-13(9-15(17-2)14(11)10-16)18-12-6-4-3-5-7-12/h3-10H,1-2H3. The van der Waals surface area contributed by atoms with Gasteiger partial charge in [-0.3, -0.25) is 4.79 Å². The third-order valence-electron chi connectivity index (χ3n) is 2.64. The summed E-state index contributed by atoms with van der Waals surface area (Å²) >= 11 is 0. The summed E-state index contributed by atoms with van der Waals surface area (Å²) in [6.07, 6.45) is 0.792. The van der Waals surface area contributed by atoms with Crippen molar-refractivity contribution in [2.24, 2.45) is 0 Å². The number of aryl methyl sites for hydroxylation is 1. The first-order valence-corrected chi connectivity index (χ1v) is 5.61. The van der Waals surface area contributed by atoms with Crippen molar-refractivity contribution >= 4 is 6.29 Å². The van der Waals surface area contributed by atoms with Crippen LogP contribution < -0.4 is 9.47 Å². The van der Waals surface area contributed by atoms with Crippen LogP contribution in [0.1, 0.15) is 15.9 Å². The van der Waals surface area contributed by atoms with E-state index in [2.05, 4.69) is 0 Å². The van der Waals surface area contributed by atoms with Crippen LogP contribution in [0.3, 0.4) is 0 Å². The van der Waals surface area contributed by atoms with Gasteiger partial charge >= 0.3 is 0 Å². The lowest BCUT2D eigenvalue weighted by atomic mass is 10.1. The lowest BCUT2D eigenvalue weighted by Crippen LogP contribution is -1.95. The average Bonchev–Trinajstić information content (AvgIpc) is 2.39. The second-order valence-corrected chi connectivity index (χ2v) is 3.89. The van der Waals surface area contributed by atoms with Gasteiger partial charge < -0.3 is 9.47 Å². The minimum absolute atomic E-state index is 0.524. The fraction of sp³-hybridized carbons (Fsp3) is 0.133. The van der Waals surface area contributed by atoms with Crippen LogP contribution >= 0.6 is 0 Å². The van der Waals surface area contributed by atoms with E-state index in [0.717, 1.165) is 17.6 Å². The van der Waals surface area contributed by atoms with Gasteiger partial charge in [0.2, 0.25) is 0 Å². The van der Waals surface area contributed by atoms with Crippen molar-refractivity contribution in [2.75, 3.05) is 7.11 Å². The number of hydrogen-bond acceptors (Lipinski definition) is 3. The highest BCUT2D eigenvalue weighted by Gasteiger charge is 2.09. The fourth-order valence-electron chi connectivity index (χ4n) is 1.74. The highest BCUT2D eigenvalue weighted by atomic mass is 16.5. The Morgan fingerprint density at radius 1 is 1.06 bits per heavy atom. The van der Waals surface area contributed by atoms with Crippen molar-refractivity contribution in [2.45, 2.75) is 6.92 Å². The molecule has 0 fully saturated rings. The van der Waals surface area contributed by atoms with Crippen molar-refractivity contribution in [3.63, 3.8) is 0 Å². The van der Waals surface area contributed by atoms with Crippen LogP contribution in [0.4, 0.5) is 0 Å². The molecule has 0 N–H and O–H groups in total. The molecule has 0 unspecified atom stereocenters. The molecule has 0 spiro atoms. The number of carbonyl (C=O) groups is 1. The lowest BCUT2D eigenvalue weighted by Gasteiger charge is -2.11. The third-order valence-corrected chi connectivity index (χ3v) is 2.64. The van der Waals surface area contributed by atoms with Gasteiger partial charge in [0, 0.05) is 6.07 Å². The largest absolute Gasteiger partial charge is 0.496 e. The molecule has 0 atom stereocenters. The Labute approximate surface area is 106 Å². The summed E-state index contributed by atoms with van der Waals surface area (Å²) in [5, 5.41) is 0. The smallest absolute Gasteiger partial charge is 0.154 e. The normalized spacial score (nSPS) is 9.89. The third kappa shape index (κ3) is 2.51. The summed E-state index contributed by atoms with van der Waals surface area (Å²) in [7, 11) is 1.54. The van der Waals surface area contributed by atoms with Gasteiger partial charge in [0.1, 0.15) is 17.2 Å². The van der Waals surface area contributed by atoms with Crippen LogP contribution in [0.25, 0.3) is 0 Å². The molecular weight excluding hydrogens is 228 g/mol. The Morgan fingerprint density at radius 2 is 1.78 bits per heavy atom. The Morgan fingerprint density at radius 3 is 2.39 bits per heavy atom. The van der Waals surface area contributed by atoms with Gasteiger partial charge in [0.25, 0.3) is 0 Å². The Kier molecular flexibility index (Phi) is 3.63. The monoisotopic (exact) mass is 242 g/mol. The highest BCUT2D eigenvalue weighted by molar-refractivity contribution is 5.82. The van der Waals surface area contributed by atoms with Gasteiger partial charge in [-0.15, -0.1) is 0 Å². The lowest BCUT2D eigenvalue weighted by molar-refractivity contribution is 0.112. The van der Waals surface area contributed by atoms with Crippen molar-refractivity contribution in [3.05, 3.63) is 53.6 Å². The molecule has 2 aromatic rings. The topological polar surface area (TPSA) is 35.5 Å². The van der Waals surface area contributed by atoms with Gasteiger partial charge in [0.15, 0.2) is 6.29 Å². The van der Waals surface area contributed by atoms with E-state index >= 15 is 0 Å². The first-order chi connectivity index (χ1) is 8.74. The summed E-state index contributed by atoms with van der Waals surface area (Å²) < 4.78 is 10.9. The highest BCUT2D eigenvalue weighted by Crippen LogP contribution is 2.30. The van der Waals surface area contributed by atoms with E-state index in [9.17, 15) is 4.79 Å². The van der Waals surface area contributed by atoms with E-state index in [1.54, 1.807) is 6.07 Å². The van der Waals surface area contributed by atoms with Crippen molar-refractivity contribution in [1.29, 1.82) is 0 Å². The van der Waals surface area contributed by atoms with Gasteiger partial charge in [-0.25, -0.2) is 0 Å². The molecule has 0 aromatic heterocycles. The second kappa shape index (κ2) is 5.36. The summed E-state index contributed by atoms with van der Waals surface area (Å²) in [5.41, 5.74) is 1.38. The first kappa shape index (κ1) is 12.2. The van der Waals surface area contributed by atoms with E-state index in [1.807, 2.05) is 43.3 Å². The van der Waals surface area contributed by atoms with Gasteiger partial charge in [-0.05, 0) is 30.7 Å². The molecule has 0 radical (unpaired) electrons. The zero-order valence-electron chi connectivity index (χ0n) is 10.3. The van der Waals surface area contributed by atoms with Crippen molar-refractivity contribution in [1.82, 2.24) is 0 Å². The molecule has 2 rings (SSSR count). The van der Waals surface area contributed by atoms with Crippen LogP contribution in [-0.2, 0) is 0 Å². The van der Waals surface area contributed by atoms with E-state index in [4.69, 9.17) is 9.47 Å². The van der Waals surface area contributed by atoms with E-state index < -0.39 is 0 Å². The quantitative estimate of drug-likeness (QED) is 0.768. The van der Waals surface area contributed by atoms with Gasteiger partial charge in [-0.2, -0.15) is 0 Å². The average molecular weight is 242 g/mol. The zero-order valence-corrected chi connectivity index (χ0v) is 10.3. The number of methoxy groups -OCH3 is 1. The molecule has 92 valence electrons. The van der Waals surface area contributed by atoms with Crippen molar-refractivity contribution in [3.8, 4) is 17.2 Å². The number of aldehydes is 1. The first-order valence-electron chi connectivity index (χ1n) is 5.61. The van der Waals surface area contributed by atoms with E-state index in [-0.39, 0.29) is 0 Å². The molecule has 18 heavy (non-hydrogen) atoms. The molecular formula is C15H14O3. The molecule has 0 amide bonds. The van der Waals surface area contributed by atoms with Crippen LogP contribution in [0.2, 0.25) is 0 Å².